The Kier molecular flexibility index (Phi) is 4.26. The van der Waals surface area contributed by atoms with Gasteiger partial charge in [0, 0.05) is 24.9 Å². The molecule has 0 unspecified atom stereocenters. The van der Waals surface area contributed by atoms with Crippen LogP contribution in [0.15, 0.2) is 42.6 Å². The van der Waals surface area contributed by atoms with Gasteiger partial charge in [0.25, 0.3) is 0 Å². The molecule has 0 N–H and O–H groups in total. The Balaban J connectivity index is 2.12. The fourth-order valence-corrected chi connectivity index (χ4v) is 1.64. The molecule has 0 spiro atoms. The number of nitrogens with zero attached hydrogens (tertiary/aromatic N) is 1. The molecule has 4 heteroatoms. The van der Waals surface area contributed by atoms with Crippen molar-refractivity contribution in [2.45, 2.75) is 13.5 Å². The lowest BCUT2D eigenvalue weighted by atomic mass is 10.2. The second-order valence-electron chi connectivity index (χ2n) is 4.12. The third-order valence-corrected chi connectivity index (χ3v) is 2.57. The van der Waals surface area contributed by atoms with Crippen LogP contribution >= 0.6 is 0 Å². The molecule has 0 fully saturated rings. The molecule has 4 nitrogen and oxygen atoms in total. The van der Waals surface area contributed by atoms with Crippen molar-refractivity contribution in [3.63, 3.8) is 0 Å². The van der Waals surface area contributed by atoms with Gasteiger partial charge in [-0.3, -0.25) is 4.79 Å². The molecule has 0 amide bonds. The minimum atomic E-state index is -0.0128. The van der Waals surface area contributed by atoms with Crippen LogP contribution in [0, 0.1) is 0 Å². The van der Waals surface area contributed by atoms with Gasteiger partial charge < -0.3 is 9.47 Å². The summed E-state index contributed by atoms with van der Waals surface area (Å²) in [5, 5.41) is 0. The lowest BCUT2D eigenvalue weighted by Gasteiger charge is -2.06. The fraction of sp³-hybridized carbons (Fsp3) is 0.200. The summed E-state index contributed by atoms with van der Waals surface area (Å²) in [5.41, 5.74) is 1.60. The van der Waals surface area contributed by atoms with E-state index in [9.17, 15) is 4.79 Å². The monoisotopic (exact) mass is 257 g/mol. The Hall–Kier alpha value is -2.20. The maximum Gasteiger partial charge on any atom is 0.219 e. The summed E-state index contributed by atoms with van der Waals surface area (Å²) in [7, 11) is 1.65. The molecular formula is C15H15NO3. The zero-order valence-corrected chi connectivity index (χ0v) is 10.9. The van der Waals surface area contributed by atoms with Crippen molar-refractivity contribution in [2.24, 2.45) is 0 Å². The predicted molar refractivity (Wildman–Crippen MR) is 71.5 cm³/mol. The quantitative estimate of drug-likeness (QED) is 0.772. The smallest absolute Gasteiger partial charge is 0.219 e. The molecule has 0 atom stereocenters. The van der Waals surface area contributed by atoms with Crippen molar-refractivity contribution in [2.75, 3.05) is 7.11 Å². The Morgan fingerprint density at radius 3 is 2.74 bits per heavy atom. The molecule has 98 valence electrons. The van der Waals surface area contributed by atoms with E-state index in [1.165, 1.54) is 13.1 Å². The fourth-order valence-electron chi connectivity index (χ4n) is 1.64. The van der Waals surface area contributed by atoms with Gasteiger partial charge >= 0.3 is 0 Å². The molecular weight excluding hydrogens is 242 g/mol. The highest BCUT2D eigenvalue weighted by atomic mass is 16.5. The summed E-state index contributed by atoms with van der Waals surface area (Å²) in [6.45, 7) is 2.04. The summed E-state index contributed by atoms with van der Waals surface area (Å²) >= 11 is 0. The maximum atomic E-state index is 11.1. The SMILES string of the molecule is COCc1cccc(Oc2ccc(C(C)=O)cn2)c1. The van der Waals surface area contributed by atoms with Gasteiger partial charge in [0.2, 0.25) is 5.88 Å². The number of carbonyl (C=O) groups is 1. The standard InChI is InChI=1S/C15H15NO3/c1-11(17)13-6-7-15(16-9-13)19-14-5-3-4-12(8-14)10-18-2/h3-9H,10H2,1-2H3. The van der Waals surface area contributed by atoms with Crippen LogP contribution in [0.25, 0.3) is 0 Å². The van der Waals surface area contributed by atoms with E-state index in [-0.39, 0.29) is 5.78 Å². The number of hydrogen-bond donors (Lipinski definition) is 0. The van der Waals surface area contributed by atoms with Crippen LogP contribution in [-0.2, 0) is 11.3 Å². The molecule has 0 radical (unpaired) electrons. The molecule has 2 rings (SSSR count). The van der Waals surface area contributed by atoms with Crippen LogP contribution in [0.3, 0.4) is 0 Å². The Bertz CT molecular complexity index is 564. The molecule has 2 aromatic rings. The number of methoxy groups -OCH3 is 1. The number of carbonyl (C=O) groups excluding carboxylic acids is 1. The van der Waals surface area contributed by atoms with E-state index in [1.54, 1.807) is 19.2 Å². The van der Waals surface area contributed by atoms with Crippen LogP contribution in [0.5, 0.6) is 11.6 Å². The molecule has 19 heavy (non-hydrogen) atoms. The van der Waals surface area contributed by atoms with Crippen LogP contribution in [-0.4, -0.2) is 17.9 Å². The van der Waals surface area contributed by atoms with Crippen molar-refractivity contribution in [3.8, 4) is 11.6 Å². The predicted octanol–water partition coefficient (Wildman–Crippen LogP) is 3.22. The van der Waals surface area contributed by atoms with Gasteiger partial charge in [-0.2, -0.15) is 0 Å². The number of Topliss-reactive ketones (excluding diaryl/α,β-unsaturated/α-hetero) is 1. The number of aromatic nitrogens is 1. The van der Waals surface area contributed by atoms with E-state index in [1.807, 2.05) is 24.3 Å². The van der Waals surface area contributed by atoms with Gasteiger partial charge in [-0.15, -0.1) is 0 Å². The van der Waals surface area contributed by atoms with Crippen LogP contribution in [0.2, 0.25) is 0 Å². The average molecular weight is 257 g/mol. The molecule has 1 heterocycles. The highest BCUT2D eigenvalue weighted by Crippen LogP contribution is 2.20. The summed E-state index contributed by atoms with van der Waals surface area (Å²) in [5.74, 6) is 1.14. The molecule has 0 aliphatic rings. The number of pyridine rings is 1. The van der Waals surface area contributed by atoms with Gasteiger partial charge in [-0.1, -0.05) is 12.1 Å². The Morgan fingerprint density at radius 2 is 2.11 bits per heavy atom. The van der Waals surface area contributed by atoms with E-state index in [0.29, 0.717) is 23.8 Å². The van der Waals surface area contributed by atoms with Crippen molar-refractivity contribution in [1.82, 2.24) is 4.98 Å². The highest BCUT2D eigenvalue weighted by Gasteiger charge is 2.03. The number of benzene rings is 1. The average Bonchev–Trinajstić information content (AvgIpc) is 2.40. The zero-order valence-electron chi connectivity index (χ0n) is 10.9. The third-order valence-electron chi connectivity index (χ3n) is 2.57. The third kappa shape index (κ3) is 3.63. The first-order valence-corrected chi connectivity index (χ1v) is 5.92. The molecule has 0 aliphatic carbocycles. The van der Waals surface area contributed by atoms with E-state index in [2.05, 4.69) is 4.98 Å². The number of ketones is 1. The highest BCUT2D eigenvalue weighted by molar-refractivity contribution is 5.93. The Morgan fingerprint density at radius 1 is 1.26 bits per heavy atom. The first kappa shape index (κ1) is 13.2. The summed E-state index contributed by atoms with van der Waals surface area (Å²) in [6.07, 6.45) is 1.51. The van der Waals surface area contributed by atoms with Gasteiger partial charge in [-0.25, -0.2) is 4.98 Å². The van der Waals surface area contributed by atoms with Crippen LogP contribution in [0.4, 0.5) is 0 Å². The second kappa shape index (κ2) is 6.11. The summed E-state index contributed by atoms with van der Waals surface area (Å²) < 4.78 is 10.7. The van der Waals surface area contributed by atoms with Crippen LogP contribution in [0.1, 0.15) is 22.8 Å². The molecule has 1 aromatic carbocycles. The summed E-state index contributed by atoms with van der Waals surface area (Å²) in [4.78, 5) is 15.2. The number of hydrogen-bond acceptors (Lipinski definition) is 4. The number of ether oxygens (including phenoxy) is 2. The van der Waals surface area contributed by atoms with Gasteiger partial charge in [0.1, 0.15) is 5.75 Å². The normalized spacial score (nSPS) is 10.2. The first-order valence-electron chi connectivity index (χ1n) is 5.92. The van der Waals surface area contributed by atoms with Gasteiger partial charge in [0.15, 0.2) is 5.78 Å². The van der Waals surface area contributed by atoms with Crippen LogP contribution < -0.4 is 4.74 Å². The molecule has 1 aromatic heterocycles. The molecule has 0 saturated carbocycles. The molecule has 0 saturated heterocycles. The van der Waals surface area contributed by atoms with E-state index >= 15 is 0 Å². The summed E-state index contributed by atoms with van der Waals surface area (Å²) in [6, 6.07) is 11.0. The van der Waals surface area contributed by atoms with Crippen molar-refractivity contribution in [1.29, 1.82) is 0 Å². The molecule has 0 aliphatic heterocycles. The largest absolute Gasteiger partial charge is 0.439 e. The van der Waals surface area contributed by atoms with Crippen molar-refractivity contribution in [3.05, 3.63) is 53.7 Å². The second-order valence-corrected chi connectivity index (χ2v) is 4.12. The van der Waals surface area contributed by atoms with E-state index < -0.39 is 0 Å². The van der Waals surface area contributed by atoms with E-state index in [0.717, 1.165) is 5.56 Å². The maximum absolute atomic E-state index is 11.1. The lowest BCUT2D eigenvalue weighted by Crippen LogP contribution is -1.95. The lowest BCUT2D eigenvalue weighted by molar-refractivity contribution is 0.101. The zero-order chi connectivity index (χ0) is 13.7. The molecule has 0 bridgehead atoms. The first-order chi connectivity index (χ1) is 9.19. The number of rotatable bonds is 5. The Labute approximate surface area is 112 Å². The minimum absolute atomic E-state index is 0.0128. The van der Waals surface area contributed by atoms with Gasteiger partial charge in [-0.05, 0) is 30.7 Å². The van der Waals surface area contributed by atoms with Crippen molar-refractivity contribution < 1.29 is 14.3 Å². The topological polar surface area (TPSA) is 48.4 Å². The minimum Gasteiger partial charge on any atom is -0.439 e. The van der Waals surface area contributed by atoms with E-state index in [4.69, 9.17) is 9.47 Å². The van der Waals surface area contributed by atoms with Gasteiger partial charge in [0.05, 0.1) is 6.61 Å². The van der Waals surface area contributed by atoms with Crippen molar-refractivity contribution >= 4 is 5.78 Å².